The molecule has 1 aromatic rings. The van der Waals surface area contributed by atoms with Crippen molar-refractivity contribution in [2.45, 2.75) is 57.6 Å². The maximum absolute atomic E-state index is 12.6. The van der Waals surface area contributed by atoms with Gasteiger partial charge in [0.05, 0.1) is 18.0 Å². The molecule has 1 aliphatic heterocycles. The Bertz CT molecular complexity index is 1090. The van der Waals surface area contributed by atoms with Crippen molar-refractivity contribution in [3.8, 4) is 6.07 Å². The quantitative estimate of drug-likeness (QED) is 0.109. The molecule has 1 amide bonds. The van der Waals surface area contributed by atoms with Crippen LogP contribution in [0.5, 0.6) is 0 Å². The maximum Gasteiger partial charge on any atom is 0.415 e. The number of ether oxygens (including phenoxy) is 4. The number of nitriles is 1. The van der Waals surface area contributed by atoms with Crippen LogP contribution < -0.4 is 11.1 Å². The molecule has 2 heterocycles. The number of alkyl carbamates (subject to hydrolysis) is 1. The third-order valence-electron chi connectivity index (χ3n) is 5.42. The number of hydrogen-bond acceptors (Lipinski definition) is 12. The number of carbonyl (C=O) groups excluding carboxylic acids is 3. The topological polar surface area (TPSA) is 242 Å². The van der Waals surface area contributed by atoms with Gasteiger partial charge in [-0.3, -0.25) is 20.3 Å². The van der Waals surface area contributed by atoms with E-state index in [2.05, 4.69) is 24.8 Å². The standard InChI is InChI=1S/C22H30N6O9/c1-11(30)34-10-35-20(33)28-18(26-9-24)12-5-6-14(27-12)22(8-23)17(31)15(13(7-29)37-22)36-19(32)16(25)21(2,3)4/h5-6,9,13,15-17,27,29,31H,7,10,25H2,1-4H3,(H2,24,26,28,33)/t13-,15-,16-,17-,22+/m1/s1. The molecule has 15 nitrogen and oxygen atoms in total. The molecule has 5 atom stereocenters. The van der Waals surface area contributed by atoms with E-state index in [0.29, 0.717) is 6.34 Å². The van der Waals surface area contributed by atoms with Gasteiger partial charge in [0.15, 0.2) is 11.9 Å². The van der Waals surface area contributed by atoms with Gasteiger partial charge in [0.25, 0.3) is 0 Å². The van der Waals surface area contributed by atoms with Crippen molar-refractivity contribution in [1.29, 1.82) is 10.7 Å². The lowest BCUT2D eigenvalue weighted by molar-refractivity contribution is -0.160. The van der Waals surface area contributed by atoms with E-state index in [1.54, 1.807) is 20.8 Å². The summed E-state index contributed by atoms with van der Waals surface area (Å²) >= 11 is 0. The minimum atomic E-state index is -2.12. The van der Waals surface area contributed by atoms with Gasteiger partial charge in [0.1, 0.15) is 30.7 Å². The van der Waals surface area contributed by atoms with Crippen LogP contribution in [-0.2, 0) is 34.1 Å². The fraction of sp³-hybridized carbons (Fsp3) is 0.545. The van der Waals surface area contributed by atoms with Gasteiger partial charge in [0, 0.05) is 6.92 Å². The maximum atomic E-state index is 12.6. The summed E-state index contributed by atoms with van der Waals surface area (Å²) in [5, 5.41) is 40.3. The van der Waals surface area contributed by atoms with Crippen LogP contribution in [0, 0.1) is 22.2 Å². The van der Waals surface area contributed by atoms with E-state index in [4.69, 9.17) is 20.6 Å². The first-order valence-electron chi connectivity index (χ1n) is 11.0. The smallest absolute Gasteiger partial charge is 0.415 e. The lowest BCUT2D eigenvalue weighted by Gasteiger charge is -2.28. The van der Waals surface area contributed by atoms with Gasteiger partial charge in [-0.2, -0.15) is 5.26 Å². The summed E-state index contributed by atoms with van der Waals surface area (Å²) in [6.45, 7) is 4.94. The van der Waals surface area contributed by atoms with Gasteiger partial charge < -0.3 is 39.9 Å². The van der Waals surface area contributed by atoms with Crippen LogP contribution in [0.1, 0.15) is 39.1 Å². The molecular formula is C22H30N6O9. The zero-order valence-electron chi connectivity index (χ0n) is 20.7. The van der Waals surface area contributed by atoms with E-state index in [1.165, 1.54) is 12.1 Å². The highest BCUT2D eigenvalue weighted by atomic mass is 16.7. The Morgan fingerprint density at radius 1 is 1.41 bits per heavy atom. The molecule has 7 N–H and O–H groups in total. The Kier molecular flexibility index (Phi) is 9.48. The Labute approximate surface area is 212 Å². The SMILES string of the molecule is CC(=O)OCOC(=O)NC(=NC=N)c1ccc([C@]2(C#N)O[C@H](CO)[C@@H](OC(=O)[C@@H](N)C(C)(C)C)[C@H]2O)[nH]1. The number of esters is 2. The van der Waals surface area contributed by atoms with Gasteiger partial charge in [-0.1, -0.05) is 20.8 Å². The summed E-state index contributed by atoms with van der Waals surface area (Å²) in [6, 6.07) is 3.50. The number of nitrogens with two attached hydrogens (primary N) is 1. The van der Waals surface area contributed by atoms with Crippen molar-refractivity contribution in [2.75, 3.05) is 13.4 Å². The fourth-order valence-corrected chi connectivity index (χ4v) is 3.31. The zero-order chi connectivity index (χ0) is 28.0. The molecule has 0 aromatic carbocycles. The molecule has 1 aliphatic rings. The first-order valence-corrected chi connectivity index (χ1v) is 11.0. The number of H-pyrrole nitrogens is 1. The highest BCUT2D eigenvalue weighted by Crippen LogP contribution is 2.40. The Morgan fingerprint density at radius 2 is 2.08 bits per heavy atom. The third-order valence-corrected chi connectivity index (χ3v) is 5.42. The zero-order valence-corrected chi connectivity index (χ0v) is 20.7. The van der Waals surface area contributed by atoms with Gasteiger partial charge in [-0.05, 0) is 17.5 Å². The molecule has 1 aromatic heterocycles. The molecule has 37 heavy (non-hydrogen) atoms. The molecule has 0 bridgehead atoms. The molecule has 0 spiro atoms. The molecule has 1 saturated heterocycles. The number of amidine groups is 1. The van der Waals surface area contributed by atoms with E-state index in [1.807, 2.05) is 6.07 Å². The minimum absolute atomic E-state index is 0.0256. The van der Waals surface area contributed by atoms with Gasteiger partial charge in [0.2, 0.25) is 12.4 Å². The largest absolute Gasteiger partial charge is 0.455 e. The number of aliphatic hydroxyl groups is 2. The summed E-state index contributed by atoms with van der Waals surface area (Å²) in [4.78, 5) is 41.8. The van der Waals surface area contributed by atoms with Crippen LogP contribution in [0.4, 0.5) is 4.79 Å². The molecule has 202 valence electrons. The highest BCUT2D eigenvalue weighted by Gasteiger charge is 2.59. The first-order chi connectivity index (χ1) is 17.3. The van der Waals surface area contributed by atoms with Crippen molar-refractivity contribution in [3.63, 3.8) is 0 Å². The number of nitrogens with one attached hydrogen (secondary N) is 3. The second-order valence-electron chi connectivity index (χ2n) is 9.08. The monoisotopic (exact) mass is 522 g/mol. The first kappa shape index (κ1) is 29.4. The minimum Gasteiger partial charge on any atom is -0.455 e. The average Bonchev–Trinajstić information content (AvgIpc) is 3.41. The number of amides is 1. The Morgan fingerprint density at radius 3 is 2.62 bits per heavy atom. The molecule has 0 radical (unpaired) electrons. The second-order valence-corrected chi connectivity index (χ2v) is 9.08. The van der Waals surface area contributed by atoms with Crippen LogP contribution in [0.25, 0.3) is 0 Å². The number of hydrogen-bond donors (Lipinski definition) is 6. The number of aromatic nitrogens is 1. The number of carbonyl (C=O) groups is 3. The van der Waals surface area contributed by atoms with Gasteiger partial charge in [-0.25, -0.2) is 9.79 Å². The average molecular weight is 523 g/mol. The predicted molar refractivity (Wildman–Crippen MR) is 125 cm³/mol. The summed E-state index contributed by atoms with van der Waals surface area (Å²) < 4.78 is 20.2. The highest BCUT2D eigenvalue weighted by molar-refractivity contribution is 6.07. The fourth-order valence-electron chi connectivity index (χ4n) is 3.31. The summed E-state index contributed by atoms with van der Waals surface area (Å²) in [5.74, 6) is -1.73. The van der Waals surface area contributed by atoms with Crippen molar-refractivity contribution in [1.82, 2.24) is 10.3 Å². The lowest BCUT2D eigenvalue weighted by Crippen LogP contribution is -2.48. The molecule has 1 fully saturated rings. The normalized spacial score (nSPS) is 24.5. The van der Waals surface area contributed by atoms with E-state index < -0.39 is 66.8 Å². The van der Waals surface area contributed by atoms with Crippen LogP contribution in [0.15, 0.2) is 17.1 Å². The van der Waals surface area contributed by atoms with Crippen LogP contribution in [-0.4, -0.2) is 83.2 Å². The Balaban J connectivity index is 2.30. The summed E-state index contributed by atoms with van der Waals surface area (Å²) in [6.07, 6.45) is -4.88. The number of aliphatic hydroxyl groups excluding tert-OH is 2. The van der Waals surface area contributed by atoms with E-state index in [-0.39, 0.29) is 17.2 Å². The summed E-state index contributed by atoms with van der Waals surface area (Å²) in [7, 11) is 0. The molecule has 0 saturated carbocycles. The number of rotatable bonds is 8. The van der Waals surface area contributed by atoms with Crippen molar-refractivity contribution < 1.29 is 43.5 Å². The van der Waals surface area contributed by atoms with Crippen molar-refractivity contribution in [2.24, 2.45) is 16.1 Å². The second kappa shape index (κ2) is 11.9. The number of nitrogens with zero attached hydrogens (tertiary/aromatic N) is 2. The number of aliphatic imine (C=N–C) groups is 1. The molecule has 0 aliphatic carbocycles. The van der Waals surface area contributed by atoms with Crippen LogP contribution in [0.3, 0.4) is 0 Å². The molecule has 0 unspecified atom stereocenters. The van der Waals surface area contributed by atoms with E-state index >= 15 is 0 Å². The molecular weight excluding hydrogens is 492 g/mol. The Hall–Kier alpha value is -3.84. The lowest BCUT2D eigenvalue weighted by atomic mass is 9.87. The van der Waals surface area contributed by atoms with Crippen molar-refractivity contribution >= 4 is 30.2 Å². The van der Waals surface area contributed by atoms with E-state index in [9.17, 15) is 29.9 Å². The van der Waals surface area contributed by atoms with Gasteiger partial charge >= 0.3 is 18.0 Å². The van der Waals surface area contributed by atoms with E-state index in [0.717, 1.165) is 6.92 Å². The van der Waals surface area contributed by atoms with Crippen LogP contribution in [0.2, 0.25) is 0 Å². The van der Waals surface area contributed by atoms with Gasteiger partial charge in [-0.15, -0.1) is 0 Å². The summed E-state index contributed by atoms with van der Waals surface area (Å²) in [5.41, 5.74) is 3.21. The van der Waals surface area contributed by atoms with Crippen molar-refractivity contribution in [3.05, 3.63) is 23.5 Å². The van der Waals surface area contributed by atoms with Crippen LogP contribution >= 0.6 is 0 Å². The number of aromatic amines is 1. The molecule has 2 rings (SSSR count). The third kappa shape index (κ3) is 6.68. The predicted octanol–water partition coefficient (Wildman–Crippen LogP) is -0.629. The molecule has 15 heteroatoms.